The number of nitrogens with one attached hydrogen (secondary N) is 1. The Morgan fingerprint density at radius 2 is 2.05 bits per heavy atom. The Morgan fingerprint density at radius 3 is 2.75 bits per heavy atom. The lowest BCUT2D eigenvalue weighted by Gasteiger charge is -1.97. The summed E-state index contributed by atoms with van der Waals surface area (Å²) in [4.78, 5) is 21.6. The first-order chi connectivity index (χ1) is 9.72. The summed E-state index contributed by atoms with van der Waals surface area (Å²) >= 11 is 2.90. The number of aryl methyl sites for hydroxylation is 1. The van der Waals surface area contributed by atoms with Crippen LogP contribution >= 0.6 is 22.7 Å². The van der Waals surface area contributed by atoms with Crippen molar-refractivity contribution in [1.29, 1.82) is 0 Å². The second-order valence-corrected chi connectivity index (χ2v) is 6.23. The van der Waals surface area contributed by atoms with Crippen LogP contribution in [0.3, 0.4) is 0 Å². The summed E-state index contributed by atoms with van der Waals surface area (Å²) in [6, 6.07) is 9.81. The van der Waals surface area contributed by atoms with Crippen LogP contribution in [0.4, 0.5) is 5.13 Å². The van der Waals surface area contributed by atoms with Crippen molar-refractivity contribution in [3.05, 3.63) is 52.5 Å². The zero-order valence-electron chi connectivity index (χ0n) is 10.7. The van der Waals surface area contributed by atoms with Gasteiger partial charge in [-0.05, 0) is 6.92 Å². The highest BCUT2D eigenvalue weighted by Crippen LogP contribution is 2.24. The minimum atomic E-state index is -0.224. The van der Waals surface area contributed by atoms with Crippen molar-refractivity contribution in [1.82, 2.24) is 9.97 Å². The van der Waals surface area contributed by atoms with E-state index in [1.165, 1.54) is 22.7 Å². The van der Waals surface area contributed by atoms with Gasteiger partial charge in [0, 0.05) is 22.0 Å². The molecule has 2 aromatic heterocycles. The minimum absolute atomic E-state index is 0.224. The van der Waals surface area contributed by atoms with Gasteiger partial charge in [0.25, 0.3) is 5.91 Å². The second-order valence-electron chi connectivity index (χ2n) is 4.13. The molecule has 100 valence electrons. The fraction of sp³-hybridized carbons (Fsp3) is 0.0714. The van der Waals surface area contributed by atoms with Gasteiger partial charge in [-0.2, -0.15) is 0 Å². The molecule has 0 aliphatic rings. The Kier molecular flexibility index (Phi) is 3.58. The number of amides is 1. The van der Waals surface area contributed by atoms with Gasteiger partial charge in [-0.1, -0.05) is 30.3 Å². The number of aromatic nitrogens is 2. The summed E-state index contributed by atoms with van der Waals surface area (Å²) in [6.07, 6.45) is 1.73. The van der Waals surface area contributed by atoms with Crippen molar-refractivity contribution in [2.75, 3.05) is 5.32 Å². The van der Waals surface area contributed by atoms with Gasteiger partial charge in [0.05, 0.1) is 0 Å². The van der Waals surface area contributed by atoms with Crippen LogP contribution in [0.2, 0.25) is 0 Å². The monoisotopic (exact) mass is 301 g/mol. The average molecular weight is 301 g/mol. The van der Waals surface area contributed by atoms with E-state index in [1.807, 2.05) is 37.3 Å². The Hall–Kier alpha value is -2.05. The maximum atomic E-state index is 12.1. The first-order valence-electron chi connectivity index (χ1n) is 5.97. The molecule has 0 saturated carbocycles. The number of benzene rings is 1. The molecular formula is C14H11N3OS2. The van der Waals surface area contributed by atoms with Crippen molar-refractivity contribution in [2.45, 2.75) is 6.92 Å². The molecule has 0 atom stereocenters. The molecule has 20 heavy (non-hydrogen) atoms. The van der Waals surface area contributed by atoms with Gasteiger partial charge in [-0.15, -0.1) is 22.7 Å². The highest BCUT2D eigenvalue weighted by atomic mass is 32.1. The Morgan fingerprint density at radius 1 is 1.25 bits per heavy atom. The van der Waals surface area contributed by atoms with Gasteiger partial charge < -0.3 is 0 Å². The number of thiazole rings is 2. The largest absolute Gasteiger partial charge is 0.296 e. The normalized spacial score (nSPS) is 10.4. The van der Waals surface area contributed by atoms with E-state index < -0.39 is 0 Å². The van der Waals surface area contributed by atoms with Crippen LogP contribution in [0.15, 0.2) is 41.9 Å². The second kappa shape index (κ2) is 5.52. The summed E-state index contributed by atoms with van der Waals surface area (Å²) in [7, 11) is 0. The summed E-state index contributed by atoms with van der Waals surface area (Å²) in [5, 5.41) is 5.96. The molecule has 0 unspecified atom stereocenters. The third-order valence-electron chi connectivity index (χ3n) is 2.60. The third-order valence-corrected chi connectivity index (χ3v) is 4.32. The van der Waals surface area contributed by atoms with E-state index in [0.717, 1.165) is 15.4 Å². The molecular weight excluding hydrogens is 290 g/mol. The smallest absolute Gasteiger partial charge is 0.276 e. The van der Waals surface area contributed by atoms with Gasteiger partial charge >= 0.3 is 0 Å². The molecule has 0 radical (unpaired) electrons. The minimum Gasteiger partial charge on any atom is -0.296 e. The Labute approximate surface area is 124 Å². The molecule has 0 spiro atoms. The Bertz CT molecular complexity index is 734. The molecule has 3 aromatic rings. The standard InChI is InChI=1S/C14H11N3OS2/c1-9-7-15-14(20-9)17-12(18)11-8-19-13(16-11)10-5-3-2-4-6-10/h2-8H,1H3,(H,15,17,18). The van der Waals surface area contributed by atoms with Crippen molar-refractivity contribution >= 4 is 33.7 Å². The van der Waals surface area contributed by atoms with E-state index in [9.17, 15) is 4.79 Å². The lowest BCUT2D eigenvalue weighted by Crippen LogP contribution is -2.11. The van der Waals surface area contributed by atoms with Crippen molar-refractivity contribution < 1.29 is 4.79 Å². The van der Waals surface area contributed by atoms with Crippen molar-refractivity contribution in [2.24, 2.45) is 0 Å². The topological polar surface area (TPSA) is 54.9 Å². The van der Waals surface area contributed by atoms with E-state index in [2.05, 4.69) is 15.3 Å². The van der Waals surface area contributed by atoms with Gasteiger partial charge in [-0.25, -0.2) is 9.97 Å². The third kappa shape index (κ3) is 2.76. The predicted molar refractivity (Wildman–Crippen MR) is 82.4 cm³/mol. The van der Waals surface area contributed by atoms with Crippen LogP contribution < -0.4 is 5.32 Å². The molecule has 6 heteroatoms. The summed E-state index contributed by atoms with van der Waals surface area (Å²) in [5.41, 5.74) is 1.43. The molecule has 1 amide bonds. The van der Waals surface area contributed by atoms with Crippen LogP contribution in [0.5, 0.6) is 0 Å². The van der Waals surface area contributed by atoms with E-state index >= 15 is 0 Å². The maximum absolute atomic E-state index is 12.1. The van der Waals surface area contributed by atoms with Crippen molar-refractivity contribution in [3.63, 3.8) is 0 Å². The quantitative estimate of drug-likeness (QED) is 0.800. The molecule has 0 aliphatic heterocycles. The lowest BCUT2D eigenvalue weighted by atomic mass is 10.2. The zero-order valence-corrected chi connectivity index (χ0v) is 12.3. The average Bonchev–Trinajstić information content (AvgIpc) is 3.09. The van der Waals surface area contributed by atoms with E-state index in [0.29, 0.717) is 10.8 Å². The number of carbonyl (C=O) groups excluding carboxylic acids is 1. The van der Waals surface area contributed by atoms with Crippen LogP contribution in [-0.2, 0) is 0 Å². The van der Waals surface area contributed by atoms with Crippen LogP contribution in [0.1, 0.15) is 15.4 Å². The molecule has 0 saturated heterocycles. The number of hydrogen-bond donors (Lipinski definition) is 1. The van der Waals surface area contributed by atoms with Gasteiger partial charge in [0.2, 0.25) is 0 Å². The Balaban J connectivity index is 1.78. The number of rotatable bonds is 3. The van der Waals surface area contributed by atoms with E-state index in [-0.39, 0.29) is 5.91 Å². The van der Waals surface area contributed by atoms with E-state index in [1.54, 1.807) is 11.6 Å². The molecule has 2 heterocycles. The SMILES string of the molecule is Cc1cnc(NC(=O)c2csc(-c3ccccc3)n2)s1. The number of hydrogen-bond acceptors (Lipinski definition) is 5. The number of anilines is 1. The summed E-state index contributed by atoms with van der Waals surface area (Å²) < 4.78 is 0. The van der Waals surface area contributed by atoms with E-state index in [4.69, 9.17) is 0 Å². The molecule has 0 bridgehead atoms. The summed E-state index contributed by atoms with van der Waals surface area (Å²) in [5.74, 6) is -0.224. The highest BCUT2D eigenvalue weighted by molar-refractivity contribution is 7.15. The zero-order chi connectivity index (χ0) is 13.9. The molecule has 0 fully saturated rings. The molecule has 1 N–H and O–H groups in total. The van der Waals surface area contributed by atoms with Gasteiger partial charge in [0.1, 0.15) is 10.7 Å². The molecule has 0 aliphatic carbocycles. The van der Waals surface area contributed by atoms with Gasteiger partial charge in [-0.3, -0.25) is 10.1 Å². The van der Waals surface area contributed by atoms with Crippen LogP contribution in [-0.4, -0.2) is 15.9 Å². The maximum Gasteiger partial charge on any atom is 0.276 e. The first kappa shape index (κ1) is 13.0. The van der Waals surface area contributed by atoms with Crippen LogP contribution in [0, 0.1) is 6.92 Å². The van der Waals surface area contributed by atoms with Crippen LogP contribution in [0.25, 0.3) is 10.6 Å². The predicted octanol–water partition coefficient (Wildman–Crippen LogP) is 3.83. The van der Waals surface area contributed by atoms with Crippen molar-refractivity contribution in [3.8, 4) is 10.6 Å². The fourth-order valence-electron chi connectivity index (χ4n) is 1.67. The summed E-state index contributed by atoms with van der Waals surface area (Å²) in [6.45, 7) is 1.95. The first-order valence-corrected chi connectivity index (χ1v) is 7.67. The van der Waals surface area contributed by atoms with Gasteiger partial charge in [0.15, 0.2) is 5.13 Å². The fourth-order valence-corrected chi connectivity index (χ4v) is 3.13. The lowest BCUT2D eigenvalue weighted by molar-refractivity contribution is 0.102. The number of carbonyl (C=O) groups is 1. The molecule has 4 nitrogen and oxygen atoms in total. The molecule has 3 rings (SSSR count). The molecule has 1 aromatic carbocycles. The number of nitrogens with zero attached hydrogens (tertiary/aromatic N) is 2. The highest BCUT2D eigenvalue weighted by Gasteiger charge is 2.13.